The lowest BCUT2D eigenvalue weighted by Crippen LogP contribution is -2.22. The van der Waals surface area contributed by atoms with Gasteiger partial charge in [0, 0.05) is 17.7 Å². The normalized spacial score (nSPS) is 16.7. The molecular weight excluding hydrogens is 240 g/mol. The molecule has 0 unspecified atom stereocenters. The number of hydrogen-bond acceptors (Lipinski definition) is 3. The topological polar surface area (TPSA) is 64.3 Å². The molecule has 104 valence electrons. The molecule has 0 heterocycles. The number of amides is 1. The molecule has 0 bridgehead atoms. The molecule has 0 aromatic heterocycles. The molecular formula is C15H22N2O2. The first-order chi connectivity index (χ1) is 9.20. The van der Waals surface area contributed by atoms with Crippen LogP contribution in [-0.4, -0.2) is 13.0 Å². The highest BCUT2D eigenvalue weighted by Gasteiger charge is 2.20. The van der Waals surface area contributed by atoms with Gasteiger partial charge in [-0.25, -0.2) is 0 Å². The van der Waals surface area contributed by atoms with Gasteiger partial charge >= 0.3 is 0 Å². The Morgan fingerprint density at radius 3 is 2.58 bits per heavy atom. The summed E-state index contributed by atoms with van der Waals surface area (Å²) in [6, 6.07) is 5.33. The third kappa shape index (κ3) is 3.63. The summed E-state index contributed by atoms with van der Waals surface area (Å²) < 4.78 is 5.16. The Kier molecular flexibility index (Phi) is 4.66. The van der Waals surface area contributed by atoms with E-state index in [4.69, 9.17) is 10.5 Å². The second-order valence-corrected chi connectivity index (χ2v) is 5.13. The summed E-state index contributed by atoms with van der Waals surface area (Å²) in [7, 11) is 1.57. The number of nitrogen functional groups attached to an aromatic ring is 1. The third-order valence-corrected chi connectivity index (χ3v) is 3.73. The Labute approximate surface area is 114 Å². The highest BCUT2D eigenvalue weighted by Crippen LogP contribution is 2.27. The van der Waals surface area contributed by atoms with Crippen LogP contribution in [0.15, 0.2) is 18.2 Å². The number of carbonyl (C=O) groups is 1. The Bertz CT molecular complexity index is 438. The van der Waals surface area contributed by atoms with E-state index >= 15 is 0 Å². The molecule has 1 aromatic rings. The van der Waals surface area contributed by atoms with Gasteiger partial charge in [-0.2, -0.15) is 0 Å². The summed E-state index contributed by atoms with van der Waals surface area (Å²) in [6.07, 6.45) is 6.81. The van der Waals surface area contributed by atoms with Crippen LogP contribution in [0.4, 0.5) is 11.4 Å². The second kappa shape index (κ2) is 6.45. The molecule has 19 heavy (non-hydrogen) atoms. The second-order valence-electron chi connectivity index (χ2n) is 5.13. The number of rotatable bonds is 3. The summed E-state index contributed by atoms with van der Waals surface area (Å²) in [5, 5.41) is 2.97. The van der Waals surface area contributed by atoms with Crippen molar-refractivity contribution in [3.63, 3.8) is 0 Å². The van der Waals surface area contributed by atoms with Crippen molar-refractivity contribution < 1.29 is 9.53 Å². The zero-order valence-corrected chi connectivity index (χ0v) is 11.4. The van der Waals surface area contributed by atoms with Crippen molar-refractivity contribution >= 4 is 17.3 Å². The van der Waals surface area contributed by atoms with Crippen molar-refractivity contribution in [3.8, 4) is 5.75 Å². The average molecular weight is 262 g/mol. The number of carbonyl (C=O) groups excluding carboxylic acids is 1. The smallest absolute Gasteiger partial charge is 0.227 e. The number of methoxy groups -OCH3 is 1. The van der Waals surface area contributed by atoms with Gasteiger partial charge in [-0.05, 0) is 25.0 Å². The van der Waals surface area contributed by atoms with Gasteiger partial charge in [0.2, 0.25) is 5.91 Å². The molecule has 1 aliphatic carbocycles. The third-order valence-electron chi connectivity index (χ3n) is 3.73. The molecule has 1 fully saturated rings. The Morgan fingerprint density at radius 1 is 1.26 bits per heavy atom. The van der Waals surface area contributed by atoms with E-state index in [1.165, 1.54) is 12.8 Å². The fraction of sp³-hybridized carbons (Fsp3) is 0.533. The highest BCUT2D eigenvalue weighted by atomic mass is 16.5. The van der Waals surface area contributed by atoms with E-state index in [-0.39, 0.29) is 11.8 Å². The van der Waals surface area contributed by atoms with Crippen LogP contribution in [0.25, 0.3) is 0 Å². The minimum Gasteiger partial charge on any atom is -0.495 e. The molecule has 1 amide bonds. The van der Waals surface area contributed by atoms with Crippen molar-refractivity contribution in [2.75, 3.05) is 18.2 Å². The molecule has 1 aromatic carbocycles. The monoisotopic (exact) mass is 262 g/mol. The van der Waals surface area contributed by atoms with E-state index in [1.54, 1.807) is 19.2 Å². The van der Waals surface area contributed by atoms with Gasteiger partial charge in [0.05, 0.1) is 12.8 Å². The van der Waals surface area contributed by atoms with Crippen molar-refractivity contribution in [1.29, 1.82) is 0 Å². The van der Waals surface area contributed by atoms with Crippen LogP contribution >= 0.6 is 0 Å². The zero-order valence-electron chi connectivity index (χ0n) is 11.4. The predicted molar refractivity (Wildman–Crippen MR) is 77.2 cm³/mol. The van der Waals surface area contributed by atoms with E-state index in [2.05, 4.69) is 5.32 Å². The standard InChI is InChI=1S/C15H22N2O2/c1-19-14-10-12(8-9-13(14)16)17-15(18)11-6-4-2-3-5-7-11/h8-11H,2-7,16H2,1H3,(H,17,18). The van der Waals surface area contributed by atoms with Gasteiger partial charge in [0.1, 0.15) is 5.75 Å². The zero-order chi connectivity index (χ0) is 13.7. The SMILES string of the molecule is COc1cc(NC(=O)C2CCCCCC2)ccc1N. The Morgan fingerprint density at radius 2 is 1.95 bits per heavy atom. The molecule has 0 saturated heterocycles. The fourth-order valence-electron chi connectivity index (χ4n) is 2.57. The molecule has 1 saturated carbocycles. The number of nitrogens with two attached hydrogens (primary N) is 1. The molecule has 0 spiro atoms. The summed E-state index contributed by atoms with van der Waals surface area (Å²) in [5.41, 5.74) is 7.09. The van der Waals surface area contributed by atoms with Gasteiger partial charge < -0.3 is 15.8 Å². The molecule has 4 nitrogen and oxygen atoms in total. The van der Waals surface area contributed by atoms with Crippen LogP contribution in [0, 0.1) is 5.92 Å². The quantitative estimate of drug-likeness (QED) is 0.649. The fourth-order valence-corrected chi connectivity index (χ4v) is 2.57. The van der Waals surface area contributed by atoms with Crippen LogP contribution in [0.2, 0.25) is 0 Å². The van der Waals surface area contributed by atoms with Crippen molar-refractivity contribution in [1.82, 2.24) is 0 Å². The predicted octanol–water partition coefficient (Wildman–Crippen LogP) is 3.19. The number of ether oxygens (including phenoxy) is 1. The van der Waals surface area contributed by atoms with Crippen LogP contribution in [0.5, 0.6) is 5.75 Å². The summed E-state index contributed by atoms with van der Waals surface area (Å²) >= 11 is 0. The summed E-state index contributed by atoms with van der Waals surface area (Å²) in [6.45, 7) is 0. The van der Waals surface area contributed by atoms with Gasteiger partial charge in [0.25, 0.3) is 0 Å². The van der Waals surface area contributed by atoms with Crippen molar-refractivity contribution in [2.45, 2.75) is 38.5 Å². The molecule has 1 aliphatic rings. The minimum atomic E-state index is 0.119. The molecule has 0 radical (unpaired) electrons. The lowest BCUT2D eigenvalue weighted by molar-refractivity contribution is -0.120. The number of nitrogens with one attached hydrogen (secondary N) is 1. The maximum absolute atomic E-state index is 12.2. The van der Waals surface area contributed by atoms with Gasteiger partial charge in [-0.15, -0.1) is 0 Å². The van der Waals surface area contributed by atoms with Gasteiger partial charge in [-0.1, -0.05) is 25.7 Å². The van der Waals surface area contributed by atoms with E-state index in [0.29, 0.717) is 11.4 Å². The summed E-state index contributed by atoms with van der Waals surface area (Å²) in [4.78, 5) is 12.2. The lowest BCUT2D eigenvalue weighted by Gasteiger charge is -2.15. The van der Waals surface area contributed by atoms with Gasteiger partial charge in [0.15, 0.2) is 0 Å². The molecule has 3 N–H and O–H groups in total. The summed E-state index contributed by atoms with van der Waals surface area (Å²) in [5.74, 6) is 0.860. The van der Waals surface area contributed by atoms with E-state index in [0.717, 1.165) is 31.4 Å². The molecule has 2 rings (SSSR count). The van der Waals surface area contributed by atoms with E-state index in [1.807, 2.05) is 6.07 Å². The number of hydrogen-bond donors (Lipinski definition) is 2. The van der Waals surface area contributed by atoms with Crippen LogP contribution < -0.4 is 15.8 Å². The van der Waals surface area contributed by atoms with Gasteiger partial charge in [-0.3, -0.25) is 4.79 Å². The number of anilines is 2. The van der Waals surface area contributed by atoms with Crippen molar-refractivity contribution in [3.05, 3.63) is 18.2 Å². The van der Waals surface area contributed by atoms with Crippen LogP contribution in [0.1, 0.15) is 38.5 Å². The first kappa shape index (κ1) is 13.7. The minimum absolute atomic E-state index is 0.119. The molecule has 4 heteroatoms. The largest absolute Gasteiger partial charge is 0.495 e. The van der Waals surface area contributed by atoms with Crippen molar-refractivity contribution in [2.24, 2.45) is 5.92 Å². The molecule has 0 atom stereocenters. The lowest BCUT2D eigenvalue weighted by atomic mass is 9.99. The van der Waals surface area contributed by atoms with Crippen LogP contribution in [0.3, 0.4) is 0 Å². The first-order valence-electron chi connectivity index (χ1n) is 6.95. The van der Waals surface area contributed by atoms with E-state index in [9.17, 15) is 4.79 Å². The highest BCUT2D eigenvalue weighted by molar-refractivity contribution is 5.93. The maximum atomic E-state index is 12.2. The Balaban J connectivity index is 2.01. The maximum Gasteiger partial charge on any atom is 0.227 e. The average Bonchev–Trinajstić information content (AvgIpc) is 2.70. The number of benzene rings is 1. The van der Waals surface area contributed by atoms with Crippen LogP contribution in [-0.2, 0) is 4.79 Å². The van der Waals surface area contributed by atoms with E-state index < -0.39 is 0 Å². The molecule has 0 aliphatic heterocycles. The first-order valence-corrected chi connectivity index (χ1v) is 6.95. The Hall–Kier alpha value is -1.71.